The number of aryl methyl sites for hydroxylation is 1. The van der Waals surface area contributed by atoms with E-state index in [0.29, 0.717) is 5.69 Å². The highest BCUT2D eigenvalue weighted by Crippen LogP contribution is 2.26. The fourth-order valence-corrected chi connectivity index (χ4v) is 1.70. The second-order valence-electron chi connectivity index (χ2n) is 3.44. The van der Waals surface area contributed by atoms with Crippen LogP contribution in [0.4, 0.5) is 11.4 Å². The van der Waals surface area contributed by atoms with Gasteiger partial charge in [0.15, 0.2) is 5.65 Å². The Morgan fingerprint density at radius 1 is 1.47 bits per heavy atom. The summed E-state index contributed by atoms with van der Waals surface area (Å²) in [7, 11) is 1.85. The van der Waals surface area contributed by atoms with Crippen molar-refractivity contribution in [2.75, 3.05) is 18.1 Å². The molecule has 0 unspecified atom stereocenters. The molecule has 3 N–H and O–H groups in total. The van der Waals surface area contributed by atoms with Crippen LogP contribution in [0.1, 0.15) is 13.3 Å². The van der Waals surface area contributed by atoms with Gasteiger partial charge >= 0.3 is 0 Å². The summed E-state index contributed by atoms with van der Waals surface area (Å²) in [5.74, 6) is 0. The summed E-state index contributed by atoms with van der Waals surface area (Å²) in [6, 6.07) is 0. The predicted molar refractivity (Wildman–Crippen MR) is 61.8 cm³/mol. The minimum Gasteiger partial charge on any atom is -0.396 e. The number of anilines is 2. The Balaban J connectivity index is 2.63. The van der Waals surface area contributed by atoms with E-state index < -0.39 is 0 Å². The number of nitrogens with zero attached hydrogens (tertiary/aromatic N) is 3. The first-order valence-electron chi connectivity index (χ1n) is 5.05. The summed E-state index contributed by atoms with van der Waals surface area (Å²) in [5.41, 5.74) is 8.26. The van der Waals surface area contributed by atoms with Crippen LogP contribution in [0.15, 0.2) is 12.4 Å². The van der Waals surface area contributed by atoms with E-state index in [1.807, 2.05) is 11.7 Å². The number of nitrogens with two attached hydrogens (primary N) is 1. The molecule has 0 amide bonds. The minimum absolute atomic E-state index is 0.654. The Morgan fingerprint density at radius 3 is 2.93 bits per heavy atom. The third-order valence-corrected chi connectivity index (χ3v) is 2.38. The summed E-state index contributed by atoms with van der Waals surface area (Å²) in [6.07, 6.45) is 4.51. The van der Waals surface area contributed by atoms with Gasteiger partial charge in [0.2, 0.25) is 0 Å². The van der Waals surface area contributed by atoms with Crippen LogP contribution in [0.25, 0.3) is 11.0 Å². The average Bonchev–Trinajstić information content (AvgIpc) is 2.62. The molecule has 0 spiro atoms. The highest BCUT2D eigenvalue weighted by Gasteiger charge is 2.09. The van der Waals surface area contributed by atoms with Gasteiger partial charge in [-0.1, -0.05) is 6.92 Å². The number of fused-ring (bicyclic) bond motifs is 1. The quantitative estimate of drug-likeness (QED) is 0.796. The second-order valence-corrected chi connectivity index (χ2v) is 3.44. The molecule has 0 saturated carbocycles. The van der Waals surface area contributed by atoms with E-state index in [-0.39, 0.29) is 0 Å². The second kappa shape index (κ2) is 3.76. The smallest absolute Gasteiger partial charge is 0.159 e. The number of pyridine rings is 1. The molecule has 0 fully saturated rings. The van der Waals surface area contributed by atoms with Crippen molar-refractivity contribution < 1.29 is 0 Å². The van der Waals surface area contributed by atoms with Crippen molar-refractivity contribution in [1.29, 1.82) is 0 Å². The van der Waals surface area contributed by atoms with E-state index in [1.165, 1.54) is 0 Å². The lowest BCUT2D eigenvalue weighted by atomic mass is 10.2. The van der Waals surface area contributed by atoms with Crippen LogP contribution in [0.3, 0.4) is 0 Å². The first-order valence-corrected chi connectivity index (χ1v) is 5.05. The van der Waals surface area contributed by atoms with Crippen LogP contribution in [-0.2, 0) is 6.54 Å². The molecule has 0 saturated heterocycles. The SMILES string of the molecule is CCCn1ncc2c(NC)c(N)cnc21. The van der Waals surface area contributed by atoms with Crippen molar-refractivity contribution in [1.82, 2.24) is 14.8 Å². The first-order chi connectivity index (χ1) is 7.27. The monoisotopic (exact) mass is 205 g/mol. The number of rotatable bonds is 3. The van der Waals surface area contributed by atoms with Gasteiger partial charge in [0, 0.05) is 13.6 Å². The lowest BCUT2D eigenvalue weighted by Gasteiger charge is -2.06. The van der Waals surface area contributed by atoms with Crippen LogP contribution >= 0.6 is 0 Å². The van der Waals surface area contributed by atoms with Crippen LogP contribution in [0.2, 0.25) is 0 Å². The van der Waals surface area contributed by atoms with Crippen molar-refractivity contribution in [2.45, 2.75) is 19.9 Å². The van der Waals surface area contributed by atoms with Gasteiger partial charge in [0.25, 0.3) is 0 Å². The standard InChI is InChI=1S/C10H15N5/c1-3-4-15-10-7(5-14-15)9(12-2)8(11)6-13-10/h5-6H,3-4,11H2,1-2H3,(H,12,13). The van der Waals surface area contributed by atoms with Crippen molar-refractivity contribution in [3.05, 3.63) is 12.4 Å². The van der Waals surface area contributed by atoms with Crippen molar-refractivity contribution in [3.8, 4) is 0 Å². The summed E-state index contributed by atoms with van der Waals surface area (Å²) in [4.78, 5) is 4.30. The molecule has 0 radical (unpaired) electrons. The van der Waals surface area contributed by atoms with E-state index in [2.05, 4.69) is 22.3 Å². The van der Waals surface area contributed by atoms with Crippen LogP contribution in [0.5, 0.6) is 0 Å². The molecule has 0 aliphatic heterocycles. The van der Waals surface area contributed by atoms with E-state index in [4.69, 9.17) is 5.73 Å². The van der Waals surface area contributed by atoms with Gasteiger partial charge in [-0.15, -0.1) is 0 Å². The number of nitrogen functional groups attached to an aromatic ring is 1. The van der Waals surface area contributed by atoms with Gasteiger partial charge in [-0.05, 0) is 6.42 Å². The van der Waals surface area contributed by atoms with Crippen molar-refractivity contribution >= 4 is 22.4 Å². The zero-order chi connectivity index (χ0) is 10.8. The largest absolute Gasteiger partial charge is 0.396 e. The number of nitrogens with one attached hydrogen (secondary N) is 1. The molecule has 80 valence electrons. The third kappa shape index (κ3) is 1.49. The van der Waals surface area contributed by atoms with Gasteiger partial charge in [-0.25, -0.2) is 9.67 Å². The Hall–Kier alpha value is -1.78. The maximum atomic E-state index is 5.82. The van der Waals surface area contributed by atoms with Gasteiger partial charge in [0.1, 0.15) is 0 Å². The Kier molecular flexibility index (Phi) is 2.45. The van der Waals surface area contributed by atoms with Gasteiger partial charge in [0.05, 0.1) is 29.2 Å². The van der Waals surface area contributed by atoms with E-state index in [1.54, 1.807) is 12.4 Å². The Morgan fingerprint density at radius 2 is 2.27 bits per heavy atom. The molecule has 2 heterocycles. The molecule has 0 aliphatic rings. The molecule has 0 bridgehead atoms. The zero-order valence-electron chi connectivity index (χ0n) is 8.99. The van der Waals surface area contributed by atoms with Crippen LogP contribution in [0, 0.1) is 0 Å². The molecule has 15 heavy (non-hydrogen) atoms. The Bertz CT molecular complexity index is 474. The van der Waals surface area contributed by atoms with E-state index in [0.717, 1.165) is 29.7 Å². The topological polar surface area (TPSA) is 68.8 Å². The molecule has 0 atom stereocenters. The molecule has 5 heteroatoms. The number of hydrogen-bond donors (Lipinski definition) is 2. The lowest BCUT2D eigenvalue weighted by molar-refractivity contribution is 0.617. The Labute approximate surface area is 88.3 Å². The minimum atomic E-state index is 0.654. The third-order valence-electron chi connectivity index (χ3n) is 2.38. The van der Waals surface area contributed by atoms with Crippen LogP contribution in [-0.4, -0.2) is 21.8 Å². The first kappa shape index (κ1) is 9.76. The molecular weight excluding hydrogens is 190 g/mol. The average molecular weight is 205 g/mol. The molecule has 0 aromatic carbocycles. The highest BCUT2D eigenvalue weighted by molar-refractivity contribution is 5.94. The summed E-state index contributed by atoms with van der Waals surface area (Å²) in [5, 5.41) is 8.35. The molecule has 2 aromatic rings. The fourth-order valence-electron chi connectivity index (χ4n) is 1.70. The summed E-state index contributed by atoms with van der Waals surface area (Å²) in [6.45, 7) is 2.99. The van der Waals surface area contributed by atoms with Crippen molar-refractivity contribution in [3.63, 3.8) is 0 Å². The normalized spacial score (nSPS) is 10.8. The van der Waals surface area contributed by atoms with E-state index in [9.17, 15) is 0 Å². The van der Waals surface area contributed by atoms with Crippen molar-refractivity contribution in [2.24, 2.45) is 0 Å². The van der Waals surface area contributed by atoms with Gasteiger partial charge in [-0.3, -0.25) is 0 Å². The molecule has 5 nitrogen and oxygen atoms in total. The molecular formula is C10H15N5. The van der Waals surface area contributed by atoms with Gasteiger partial charge in [-0.2, -0.15) is 5.10 Å². The molecule has 0 aliphatic carbocycles. The lowest BCUT2D eigenvalue weighted by Crippen LogP contribution is -2.01. The maximum Gasteiger partial charge on any atom is 0.159 e. The number of hydrogen-bond acceptors (Lipinski definition) is 4. The predicted octanol–water partition coefficient (Wildman–Crippen LogP) is 1.47. The fraction of sp³-hybridized carbons (Fsp3) is 0.400. The zero-order valence-corrected chi connectivity index (χ0v) is 8.99. The van der Waals surface area contributed by atoms with E-state index >= 15 is 0 Å². The summed E-state index contributed by atoms with van der Waals surface area (Å²) < 4.78 is 1.90. The molecule has 2 rings (SSSR count). The molecule has 2 aromatic heterocycles. The highest BCUT2D eigenvalue weighted by atomic mass is 15.3. The number of aromatic nitrogens is 3. The van der Waals surface area contributed by atoms with Crippen LogP contribution < -0.4 is 11.1 Å². The van der Waals surface area contributed by atoms with Gasteiger partial charge < -0.3 is 11.1 Å². The summed E-state index contributed by atoms with van der Waals surface area (Å²) >= 11 is 0. The maximum absolute atomic E-state index is 5.82.